The number of ether oxygens (including phenoxy) is 1. The Hall–Kier alpha value is -3.21. The standard InChI is InChI=1S/C25H29F3N4O4/c1-24(2)12-19-21(20(34)13-24)22(25(26,27)28)31-32(19)15-5-8-17(23(29)35)18(11-15)30-14-3-6-16(7-4-14)36-10-9-33/h5,8-9,11,14,16,30H,3-4,6-7,10,12-13H2,1-2H3,(H2,29,35). The molecule has 1 heterocycles. The van der Waals surface area contributed by atoms with E-state index in [-0.39, 0.29) is 48.4 Å². The number of aldehydes is 1. The topological polar surface area (TPSA) is 116 Å². The summed E-state index contributed by atoms with van der Waals surface area (Å²) in [6.45, 7) is 3.71. The number of hydrogen-bond acceptors (Lipinski definition) is 6. The molecule has 0 unspecified atom stereocenters. The number of nitrogens with zero attached hydrogens (tertiary/aromatic N) is 2. The van der Waals surface area contributed by atoms with Gasteiger partial charge in [0.25, 0.3) is 5.91 Å². The molecule has 0 radical (unpaired) electrons. The van der Waals surface area contributed by atoms with Crippen LogP contribution in [-0.2, 0) is 22.1 Å². The van der Waals surface area contributed by atoms with E-state index >= 15 is 0 Å². The monoisotopic (exact) mass is 506 g/mol. The van der Waals surface area contributed by atoms with Crippen molar-refractivity contribution in [2.24, 2.45) is 11.1 Å². The van der Waals surface area contributed by atoms with Crippen molar-refractivity contribution in [1.82, 2.24) is 9.78 Å². The van der Waals surface area contributed by atoms with Gasteiger partial charge in [0, 0.05) is 18.2 Å². The largest absolute Gasteiger partial charge is 0.435 e. The van der Waals surface area contributed by atoms with E-state index in [0.29, 0.717) is 30.5 Å². The molecule has 1 fully saturated rings. The van der Waals surface area contributed by atoms with Gasteiger partial charge in [-0.15, -0.1) is 0 Å². The molecule has 1 amide bonds. The maximum atomic E-state index is 13.8. The van der Waals surface area contributed by atoms with Crippen LogP contribution in [0.1, 0.15) is 78.1 Å². The minimum Gasteiger partial charge on any atom is -0.382 e. The molecule has 0 saturated heterocycles. The van der Waals surface area contributed by atoms with E-state index in [1.807, 2.05) is 13.8 Å². The number of aromatic nitrogens is 2. The van der Waals surface area contributed by atoms with Crippen LogP contribution in [-0.4, -0.2) is 46.5 Å². The molecule has 0 bridgehead atoms. The van der Waals surface area contributed by atoms with Gasteiger partial charge in [0.2, 0.25) is 0 Å². The lowest BCUT2D eigenvalue weighted by atomic mass is 9.75. The average molecular weight is 507 g/mol. The zero-order chi connectivity index (χ0) is 26.3. The molecule has 0 spiro atoms. The highest BCUT2D eigenvalue weighted by molar-refractivity contribution is 6.00. The highest BCUT2D eigenvalue weighted by Crippen LogP contribution is 2.42. The van der Waals surface area contributed by atoms with Crippen LogP contribution in [0.5, 0.6) is 0 Å². The molecule has 2 aromatic rings. The number of fused-ring (bicyclic) bond motifs is 1. The maximum Gasteiger partial charge on any atom is 0.435 e. The van der Waals surface area contributed by atoms with E-state index in [1.54, 1.807) is 6.07 Å². The van der Waals surface area contributed by atoms with E-state index in [2.05, 4.69) is 10.4 Å². The highest BCUT2D eigenvalue weighted by Gasteiger charge is 2.45. The van der Waals surface area contributed by atoms with Crippen LogP contribution >= 0.6 is 0 Å². The summed E-state index contributed by atoms with van der Waals surface area (Å²) in [6.07, 6.45) is -0.996. The van der Waals surface area contributed by atoms with Crippen LogP contribution in [0.15, 0.2) is 18.2 Å². The van der Waals surface area contributed by atoms with Gasteiger partial charge in [-0.3, -0.25) is 9.59 Å². The molecule has 2 aliphatic rings. The van der Waals surface area contributed by atoms with Crippen LogP contribution < -0.4 is 11.1 Å². The predicted octanol–water partition coefficient (Wildman–Crippen LogP) is 4.08. The number of nitrogens with two attached hydrogens (primary N) is 1. The third-order valence-electron chi connectivity index (χ3n) is 6.76. The Kier molecular flexibility index (Phi) is 6.96. The Morgan fingerprint density at radius 2 is 1.94 bits per heavy atom. The number of anilines is 1. The molecule has 2 aliphatic carbocycles. The van der Waals surface area contributed by atoms with E-state index in [4.69, 9.17) is 10.5 Å². The van der Waals surface area contributed by atoms with Crippen molar-refractivity contribution in [3.63, 3.8) is 0 Å². The van der Waals surface area contributed by atoms with E-state index in [9.17, 15) is 27.6 Å². The second-order valence-corrected chi connectivity index (χ2v) is 10.2. The Morgan fingerprint density at radius 3 is 2.56 bits per heavy atom. The van der Waals surface area contributed by atoms with Crippen molar-refractivity contribution in [1.29, 1.82) is 0 Å². The van der Waals surface area contributed by atoms with Crippen molar-refractivity contribution in [2.45, 2.75) is 70.7 Å². The fourth-order valence-corrected chi connectivity index (χ4v) is 5.13. The van der Waals surface area contributed by atoms with Crippen LogP contribution in [0.3, 0.4) is 0 Å². The van der Waals surface area contributed by atoms with E-state index in [0.717, 1.165) is 17.5 Å². The van der Waals surface area contributed by atoms with Crippen molar-refractivity contribution in [3.05, 3.63) is 40.7 Å². The zero-order valence-corrected chi connectivity index (χ0v) is 20.2. The SMILES string of the molecule is CC1(C)CC(=O)c2c(C(F)(F)F)nn(-c3ccc(C(N)=O)c(NC4CCC(OCC=O)CC4)c3)c2C1. The number of Topliss-reactive ketones (excluding diaryl/α,β-unsaturated/α-hetero) is 1. The summed E-state index contributed by atoms with van der Waals surface area (Å²) in [7, 11) is 0. The fraction of sp³-hybridized carbons (Fsp3) is 0.520. The molecular weight excluding hydrogens is 477 g/mol. The lowest BCUT2D eigenvalue weighted by Gasteiger charge is -2.30. The predicted molar refractivity (Wildman–Crippen MR) is 125 cm³/mol. The molecule has 1 aromatic carbocycles. The number of halogens is 3. The van der Waals surface area contributed by atoms with Crippen molar-refractivity contribution in [2.75, 3.05) is 11.9 Å². The molecule has 0 atom stereocenters. The Morgan fingerprint density at radius 1 is 1.25 bits per heavy atom. The number of primary amides is 1. The van der Waals surface area contributed by atoms with Crippen LogP contribution in [0, 0.1) is 5.41 Å². The normalized spacial score (nSPS) is 21.6. The second kappa shape index (κ2) is 9.68. The fourth-order valence-electron chi connectivity index (χ4n) is 5.13. The minimum atomic E-state index is -4.79. The average Bonchev–Trinajstić information content (AvgIpc) is 3.17. The summed E-state index contributed by atoms with van der Waals surface area (Å²) in [5, 5.41) is 7.14. The lowest BCUT2D eigenvalue weighted by Crippen LogP contribution is -2.31. The summed E-state index contributed by atoms with van der Waals surface area (Å²) in [5.74, 6) is -1.26. The maximum absolute atomic E-state index is 13.8. The number of alkyl halides is 3. The van der Waals surface area contributed by atoms with Gasteiger partial charge in [-0.25, -0.2) is 4.68 Å². The van der Waals surface area contributed by atoms with Gasteiger partial charge < -0.3 is 20.6 Å². The number of rotatable bonds is 7. The third kappa shape index (κ3) is 5.30. The Bertz CT molecular complexity index is 1180. The van der Waals surface area contributed by atoms with Crippen LogP contribution in [0.25, 0.3) is 5.69 Å². The zero-order valence-electron chi connectivity index (χ0n) is 20.2. The molecule has 8 nitrogen and oxygen atoms in total. The lowest BCUT2D eigenvalue weighted by molar-refractivity contribution is -0.141. The number of amides is 1. The summed E-state index contributed by atoms with van der Waals surface area (Å²) in [5.41, 5.74) is 4.54. The molecule has 1 aromatic heterocycles. The third-order valence-corrected chi connectivity index (χ3v) is 6.76. The number of nitrogens with one attached hydrogen (secondary N) is 1. The Labute approximate surface area is 206 Å². The minimum absolute atomic E-state index is 0.00142. The van der Waals surface area contributed by atoms with Crippen LogP contribution in [0.2, 0.25) is 0 Å². The van der Waals surface area contributed by atoms with Gasteiger partial charge in [0.05, 0.1) is 28.6 Å². The molecule has 3 N–H and O–H groups in total. The molecular formula is C25H29F3N4O4. The first-order valence-electron chi connectivity index (χ1n) is 11.9. The van der Waals surface area contributed by atoms with Gasteiger partial charge >= 0.3 is 6.18 Å². The second-order valence-electron chi connectivity index (χ2n) is 10.2. The number of ketones is 1. The summed E-state index contributed by atoms with van der Waals surface area (Å²) in [4.78, 5) is 35.3. The van der Waals surface area contributed by atoms with Crippen LogP contribution in [0.4, 0.5) is 18.9 Å². The van der Waals surface area contributed by atoms with Crippen molar-refractivity contribution in [3.8, 4) is 5.69 Å². The van der Waals surface area contributed by atoms with E-state index in [1.165, 1.54) is 12.1 Å². The number of carbonyl (C=O) groups excluding carboxylic acids is 3. The number of carbonyl (C=O) groups is 3. The smallest absolute Gasteiger partial charge is 0.382 e. The molecule has 11 heteroatoms. The van der Waals surface area contributed by atoms with Crippen molar-refractivity contribution >= 4 is 23.7 Å². The van der Waals surface area contributed by atoms with E-state index < -0.39 is 29.0 Å². The first-order chi connectivity index (χ1) is 16.9. The Balaban J connectivity index is 1.70. The van der Waals surface area contributed by atoms with Gasteiger partial charge in [-0.05, 0) is 55.7 Å². The van der Waals surface area contributed by atoms with Gasteiger partial charge in [0.15, 0.2) is 11.5 Å². The summed E-state index contributed by atoms with van der Waals surface area (Å²) in [6, 6.07) is 4.46. The quantitative estimate of drug-likeness (QED) is 0.547. The summed E-state index contributed by atoms with van der Waals surface area (Å²) < 4.78 is 48.1. The highest BCUT2D eigenvalue weighted by atomic mass is 19.4. The number of hydrogen-bond donors (Lipinski definition) is 2. The first-order valence-corrected chi connectivity index (χ1v) is 11.9. The first kappa shape index (κ1) is 25.9. The molecule has 4 rings (SSSR count). The summed E-state index contributed by atoms with van der Waals surface area (Å²) >= 11 is 0. The van der Waals surface area contributed by atoms with Crippen molar-refractivity contribution < 1.29 is 32.3 Å². The molecule has 0 aliphatic heterocycles. The molecule has 36 heavy (non-hydrogen) atoms. The molecule has 194 valence electrons. The molecule has 1 saturated carbocycles. The number of benzene rings is 1. The van der Waals surface area contributed by atoms with Gasteiger partial charge in [0.1, 0.15) is 12.9 Å². The van der Waals surface area contributed by atoms with Gasteiger partial charge in [-0.2, -0.15) is 18.3 Å². The van der Waals surface area contributed by atoms with Gasteiger partial charge in [-0.1, -0.05) is 13.8 Å².